The summed E-state index contributed by atoms with van der Waals surface area (Å²) in [5.41, 5.74) is 0.443. The van der Waals surface area contributed by atoms with E-state index < -0.39 is 12.1 Å². The van der Waals surface area contributed by atoms with Gasteiger partial charge >= 0.3 is 12.1 Å². The van der Waals surface area contributed by atoms with E-state index in [1.165, 1.54) is 25.2 Å². The van der Waals surface area contributed by atoms with Gasteiger partial charge in [-0.3, -0.25) is 4.79 Å². The number of rotatable bonds is 3. The number of halogens is 3. The molecule has 1 N–H and O–H groups in total. The number of hydrogen-bond donors (Lipinski definition) is 1. The number of aliphatic carboxylic acids is 1. The molecule has 0 bridgehead atoms. The molecule has 1 unspecified atom stereocenters. The van der Waals surface area contributed by atoms with E-state index in [0.717, 1.165) is 13.0 Å². The van der Waals surface area contributed by atoms with E-state index in [1.807, 2.05) is 0 Å². The Labute approximate surface area is 149 Å². The summed E-state index contributed by atoms with van der Waals surface area (Å²) in [6, 6.07) is 3.70. The fourth-order valence-electron chi connectivity index (χ4n) is 2.58. The zero-order valence-electron chi connectivity index (χ0n) is 14.6. The zero-order chi connectivity index (χ0) is 19.9. The summed E-state index contributed by atoms with van der Waals surface area (Å²) < 4.78 is 32.4. The third-order valence-corrected chi connectivity index (χ3v) is 4.02. The molecule has 146 valence electrons. The fraction of sp³-hybridized carbons (Fsp3) is 0.562. The van der Waals surface area contributed by atoms with E-state index in [9.17, 15) is 23.2 Å². The van der Waals surface area contributed by atoms with E-state index in [0.29, 0.717) is 22.9 Å². The van der Waals surface area contributed by atoms with Crippen LogP contribution in [0.25, 0.3) is 0 Å². The lowest BCUT2D eigenvalue weighted by Gasteiger charge is -2.35. The number of nitrogens with zero attached hydrogens (tertiary/aromatic N) is 3. The quantitative estimate of drug-likeness (QED) is 0.637. The molecule has 1 aliphatic rings. The van der Waals surface area contributed by atoms with Crippen molar-refractivity contribution in [3.63, 3.8) is 0 Å². The Morgan fingerprint density at radius 2 is 2.04 bits per heavy atom. The Hall–Kier alpha value is -2.36. The normalized spacial score (nSPS) is 17.8. The summed E-state index contributed by atoms with van der Waals surface area (Å²) in [7, 11) is 3.91. The number of carboxylic acids is 1. The molecule has 0 aromatic carbocycles. The van der Waals surface area contributed by atoms with Crippen LogP contribution in [0.4, 0.5) is 13.2 Å². The minimum absolute atomic E-state index is 0.0934. The number of carboxylic acid groups (broad SMARTS) is 1. The molecule has 26 heavy (non-hydrogen) atoms. The molecule has 1 saturated heterocycles. The molecule has 0 radical (unpaired) electrons. The number of hydrogen-bond acceptors (Lipinski definition) is 4. The highest BCUT2D eigenvalue weighted by Crippen LogP contribution is 2.16. The van der Waals surface area contributed by atoms with Gasteiger partial charge in [0.05, 0.1) is 0 Å². The lowest BCUT2D eigenvalue weighted by atomic mass is 10.0. The number of piperidine rings is 1. The van der Waals surface area contributed by atoms with Crippen LogP contribution >= 0.6 is 0 Å². The molecule has 1 amide bonds. The van der Waals surface area contributed by atoms with Gasteiger partial charge in [-0.05, 0) is 32.5 Å². The first-order valence-electron chi connectivity index (χ1n) is 7.97. The number of likely N-dealkylation sites (N-methyl/N-ethyl adjacent to an activating group) is 2. The van der Waals surface area contributed by atoms with E-state index in [2.05, 4.69) is 11.9 Å². The van der Waals surface area contributed by atoms with E-state index in [4.69, 9.17) is 9.90 Å². The first kappa shape index (κ1) is 21.7. The highest BCUT2D eigenvalue weighted by atomic mass is 19.4. The van der Waals surface area contributed by atoms with Crippen LogP contribution in [0, 0.1) is 5.21 Å². The van der Waals surface area contributed by atoms with Crippen LogP contribution in [-0.4, -0.2) is 66.2 Å². The topological polar surface area (TPSA) is 87.8 Å². The molecule has 1 atom stereocenters. The van der Waals surface area contributed by atoms with Gasteiger partial charge in [0.15, 0.2) is 12.4 Å². The highest BCUT2D eigenvalue weighted by molar-refractivity contribution is 5.93. The predicted molar refractivity (Wildman–Crippen MR) is 86.3 cm³/mol. The number of carbonyl (C=O) groups is 2. The maximum Gasteiger partial charge on any atom is 0.490 e. The van der Waals surface area contributed by atoms with Crippen LogP contribution in [0.2, 0.25) is 0 Å². The molecule has 0 spiro atoms. The minimum atomic E-state index is -5.08. The third kappa shape index (κ3) is 6.87. The van der Waals surface area contributed by atoms with Gasteiger partial charge in [-0.1, -0.05) is 6.42 Å². The third-order valence-electron chi connectivity index (χ3n) is 4.02. The van der Waals surface area contributed by atoms with Gasteiger partial charge in [0, 0.05) is 25.7 Å². The number of alkyl halides is 3. The van der Waals surface area contributed by atoms with E-state index >= 15 is 0 Å². The Kier molecular flexibility index (Phi) is 7.81. The number of aromatic nitrogens is 1. The minimum Gasteiger partial charge on any atom is -0.619 e. The summed E-state index contributed by atoms with van der Waals surface area (Å²) >= 11 is 0. The maximum absolute atomic E-state index is 12.2. The summed E-state index contributed by atoms with van der Waals surface area (Å²) in [4.78, 5) is 25.1. The Morgan fingerprint density at radius 3 is 2.54 bits per heavy atom. The SMILES string of the molecule is CN(CC1CCCCN1C)C(=O)c1ccc[n+]([O-])c1.O=C(O)C(F)(F)F. The molecule has 0 aliphatic carbocycles. The van der Waals surface area contributed by atoms with Gasteiger partial charge in [0.25, 0.3) is 5.91 Å². The van der Waals surface area contributed by atoms with Crippen LogP contribution in [-0.2, 0) is 4.79 Å². The molecule has 1 aliphatic heterocycles. The largest absolute Gasteiger partial charge is 0.619 e. The molecular weight excluding hydrogens is 355 g/mol. The molecule has 2 rings (SSSR count). The van der Waals surface area contributed by atoms with Crippen LogP contribution in [0.3, 0.4) is 0 Å². The Balaban J connectivity index is 0.000000412. The van der Waals surface area contributed by atoms with Gasteiger partial charge in [-0.25, -0.2) is 4.79 Å². The van der Waals surface area contributed by atoms with Gasteiger partial charge in [-0.2, -0.15) is 17.9 Å². The van der Waals surface area contributed by atoms with Crippen molar-refractivity contribution < 1.29 is 32.6 Å². The lowest BCUT2D eigenvalue weighted by Crippen LogP contribution is -2.45. The highest BCUT2D eigenvalue weighted by Gasteiger charge is 2.38. The summed E-state index contributed by atoms with van der Waals surface area (Å²) in [6.07, 6.45) is 1.21. The molecule has 1 aromatic rings. The average Bonchev–Trinajstić information content (AvgIpc) is 2.56. The monoisotopic (exact) mass is 377 g/mol. The lowest BCUT2D eigenvalue weighted by molar-refractivity contribution is -0.605. The molecule has 10 heteroatoms. The van der Waals surface area contributed by atoms with Crippen molar-refractivity contribution in [1.82, 2.24) is 9.80 Å². The summed E-state index contributed by atoms with van der Waals surface area (Å²) in [6.45, 7) is 1.81. The molecule has 1 aromatic heterocycles. The van der Waals surface area contributed by atoms with Gasteiger partial charge in [0.1, 0.15) is 5.56 Å². The second kappa shape index (κ2) is 9.37. The number of amides is 1. The second-order valence-electron chi connectivity index (χ2n) is 6.07. The van der Waals surface area contributed by atoms with E-state index in [1.54, 1.807) is 24.1 Å². The van der Waals surface area contributed by atoms with Crippen molar-refractivity contribution in [2.24, 2.45) is 0 Å². The van der Waals surface area contributed by atoms with Crippen molar-refractivity contribution in [2.45, 2.75) is 31.5 Å². The van der Waals surface area contributed by atoms with Crippen molar-refractivity contribution >= 4 is 11.9 Å². The molecule has 1 fully saturated rings. The molecule has 2 heterocycles. The van der Waals surface area contributed by atoms with Crippen LogP contribution in [0.1, 0.15) is 29.6 Å². The van der Waals surface area contributed by atoms with Crippen molar-refractivity contribution in [2.75, 3.05) is 27.2 Å². The van der Waals surface area contributed by atoms with Crippen molar-refractivity contribution in [3.05, 3.63) is 35.3 Å². The van der Waals surface area contributed by atoms with Gasteiger partial charge in [-0.15, -0.1) is 0 Å². The first-order valence-corrected chi connectivity index (χ1v) is 7.97. The van der Waals surface area contributed by atoms with Crippen molar-refractivity contribution in [1.29, 1.82) is 0 Å². The fourth-order valence-corrected chi connectivity index (χ4v) is 2.58. The summed E-state index contributed by atoms with van der Waals surface area (Å²) in [5.74, 6) is -2.85. The Bertz CT molecular complexity index is 625. The average molecular weight is 377 g/mol. The second-order valence-corrected chi connectivity index (χ2v) is 6.07. The number of likely N-dealkylation sites (tertiary alicyclic amines) is 1. The van der Waals surface area contributed by atoms with Gasteiger partial charge in [0.2, 0.25) is 0 Å². The molecule has 7 nitrogen and oxygen atoms in total. The van der Waals surface area contributed by atoms with Crippen molar-refractivity contribution in [3.8, 4) is 0 Å². The number of carbonyl (C=O) groups excluding carboxylic acids is 1. The molecule has 0 saturated carbocycles. The smallest absolute Gasteiger partial charge is 0.490 e. The maximum atomic E-state index is 12.2. The predicted octanol–water partition coefficient (Wildman–Crippen LogP) is 1.51. The zero-order valence-corrected chi connectivity index (χ0v) is 14.6. The standard InChI is InChI=1S/C14H21N3O2.C2HF3O2/c1-15-8-4-3-7-13(15)11-16(2)14(18)12-6-5-9-17(19)10-12;3-2(4,5)1(6)7/h5-6,9-10,13H,3-4,7-8,11H2,1-2H3;(H,6,7). The van der Waals surface area contributed by atoms with Crippen LogP contribution < -0.4 is 4.73 Å². The number of pyridine rings is 1. The Morgan fingerprint density at radius 1 is 1.42 bits per heavy atom. The van der Waals surface area contributed by atoms with Gasteiger partial charge < -0.3 is 20.1 Å². The van der Waals surface area contributed by atoms with E-state index in [-0.39, 0.29) is 5.91 Å². The van der Waals surface area contributed by atoms with Crippen LogP contribution in [0.15, 0.2) is 24.5 Å². The molecular formula is C16H22F3N3O4. The summed E-state index contributed by atoms with van der Waals surface area (Å²) in [5, 5.41) is 18.3. The first-order chi connectivity index (χ1) is 12.0. The van der Waals surface area contributed by atoms with Crippen LogP contribution in [0.5, 0.6) is 0 Å².